The summed E-state index contributed by atoms with van der Waals surface area (Å²) in [5.74, 6) is 0.774. The van der Waals surface area contributed by atoms with Gasteiger partial charge in [0.2, 0.25) is 0 Å². The molecule has 0 aromatic heterocycles. The summed E-state index contributed by atoms with van der Waals surface area (Å²) in [6, 6.07) is 0. The Kier molecular flexibility index (Phi) is 5.42. The molecule has 2 atom stereocenters. The van der Waals surface area contributed by atoms with Crippen LogP contribution in [0.3, 0.4) is 0 Å². The van der Waals surface area contributed by atoms with Gasteiger partial charge in [0.25, 0.3) is 0 Å². The van der Waals surface area contributed by atoms with Crippen LogP contribution in [-0.4, -0.2) is 37.5 Å². The maximum absolute atomic E-state index is 10.3. The Bertz CT molecular complexity index is 193. The Morgan fingerprint density at radius 3 is 3.00 bits per heavy atom. The van der Waals surface area contributed by atoms with Crippen LogP contribution in [0.2, 0.25) is 0 Å². The molecule has 5 nitrogen and oxygen atoms in total. The number of nitrogens with two attached hydrogens (primary N) is 1. The van der Waals surface area contributed by atoms with Gasteiger partial charge < -0.3 is 20.9 Å². The van der Waals surface area contributed by atoms with Gasteiger partial charge in [0.1, 0.15) is 0 Å². The molecule has 5 heteroatoms. The zero-order valence-corrected chi connectivity index (χ0v) is 8.95. The van der Waals surface area contributed by atoms with Gasteiger partial charge in [-0.3, -0.25) is 0 Å². The normalized spacial score (nSPS) is 23.4. The number of hydrogen-bond donors (Lipinski definition) is 3. The minimum atomic E-state index is -0.978. The summed E-state index contributed by atoms with van der Waals surface area (Å²) in [5, 5.41) is 10.9. The standard InChI is InChI=1S/C10H20N2O3/c11-5-9(6-12-10(13)14)4-8-2-1-3-15-7-8/h8-9,12H,1-7,11H2,(H,13,14)/t8-,9?/m1/s1. The summed E-state index contributed by atoms with van der Waals surface area (Å²) in [6.07, 6.45) is 2.25. The van der Waals surface area contributed by atoms with E-state index < -0.39 is 6.09 Å². The smallest absolute Gasteiger partial charge is 0.404 e. The predicted molar refractivity (Wildman–Crippen MR) is 56.7 cm³/mol. The molecule has 1 heterocycles. The highest BCUT2D eigenvalue weighted by atomic mass is 16.5. The van der Waals surface area contributed by atoms with Crippen molar-refractivity contribution in [3.8, 4) is 0 Å². The maximum Gasteiger partial charge on any atom is 0.404 e. The van der Waals surface area contributed by atoms with Crippen LogP contribution in [0.15, 0.2) is 0 Å². The molecule has 1 rings (SSSR count). The Morgan fingerprint density at radius 2 is 2.47 bits per heavy atom. The summed E-state index contributed by atoms with van der Waals surface area (Å²) in [5.41, 5.74) is 5.60. The van der Waals surface area contributed by atoms with E-state index in [4.69, 9.17) is 15.6 Å². The van der Waals surface area contributed by atoms with Crippen molar-refractivity contribution in [1.29, 1.82) is 0 Å². The summed E-state index contributed by atoms with van der Waals surface area (Å²) >= 11 is 0. The van der Waals surface area contributed by atoms with Crippen molar-refractivity contribution in [3.05, 3.63) is 0 Å². The summed E-state index contributed by atoms with van der Waals surface area (Å²) in [6.45, 7) is 2.62. The molecule has 1 amide bonds. The van der Waals surface area contributed by atoms with Gasteiger partial charge in [-0.05, 0) is 37.6 Å². The largest absolute Gasteiger partial charge is 0.465 e. The van der Waals surface area contributed by atoms with Gasteiger partial charge in [-0.25, -0.2) is 4.79 Å². The quantitative estimate of drug-likeness (QED) is 0.630. The van der Waals surface area contributed by atoms with Gasteiger partial charge >= 0.3 is 6.09 Å². The average Bonchev–Trinajstić information content (AvgIpc) is 2.25. The van der Waals surface area contributed by atoms with Gasteiger partial charge in [0.05, 0.1) is 0 Å². The van der Waals surface area contributed by atoms with E-state index >= 15 is 0 Å². The molecule has 1 aliphatic heterocycles. The Hall–Kier alpha value is -0.810. The molecule has 0 saturated carbocycles. The molecule has 4 N–H and O–H groups in total. The third kappa shape index (κ3) is 4.99. The van der Waals surface area contributed by atoms with E-state index in [1.54, 1.807) is 0 Å². The van der Waals surface area contributed by atoms with E-state index in [1.165, 1.54) is 6.42 Å². The van der Waals surface area contributed by atoms with Crippen LogP contribution in [0.1, 0.15) is 19.3 Å². The molecule has 0 aromatic carbocycles. The van der Waals surface area contributed by atoms with Crippen molar-refractivity contribution >= 4 is 6.09 Å². The van der Waals surface area contributed by atoms with Crippen LogP contribution in [0.5, 0.6) is 0 Å². The Labute approximate surface area is 90.0 Å². The fraction of sp³-hybridized carbons (Fsp3) is 0.900. The molecule has 0 spiro atoms. The first-order valence-electron chi connectivity index (χ1n) is 5.47. The minimum Gasteiger partial charge on any atom is -0.465 e. The SMILES string of the molecule is NCC(CNC(=O)O)C[C@H]1CCCOC1. The van der Waals surface area contributed by atoms with Crippen molar-refractivity contribution in [2.24, 2.45) is 17.6 Å². The average molecular weight is 216 g/mol. The highest BCUT2D eigenvalue weighted by Gasteiger charge is 2.18. The van der Waals surface area contributed by atoms with Crippen molar-refractivity contribution in [3.63, 3.8) is 0 Å². The van der Waals surface area contributed by atoms with Gasteiger partial charge in [0, 0.05) is 19.8 Å². The van der Waals surface area contributed by atoms with E-state index in [0.29, 0.717) is 19.0 Å². The number of carboxylic acid groups (broad SMARTS) is 1. The van der Waals surface area contributed by atoms with Gasteiger partial charge in [-0.1, -0.05) is 0 Å². The number of ether oxygens (including phenoxy) is 1. The first kappa shape index (κ1) is 12.3. The molecular weight excluding hydrogens is 196 g/mol. The van der Waals surface area contributed by atoms with Gasteiger partial charge in [-0.2, -0.15) is 0 Å². The third-order valence-electron chi connectivity index (χ3n) is 2.80. The molecule has 0 aromatic rings. The molecule has 15 heavy (non-hydrogen) atoms. The highest BCUT2D eigenvalue weighted by molar-refractivity contribution is 5.64. The number of nitrogens with one attached hydrogen (secondary N) is 1. The first-order chi connectivity index (χ1) is 7.22. The van der Waals surface area contributed by atoms with Crippen molar-refractivity contribution in [1.82, 2.24) is 5.32 Å². The molecular formula is C10H20N2O3. The second-order valence-corrected chi connectivity index (χ2v) is 4.11. The van der Waals surface area contributed by atoms with Crippen molar-refractivity contribution in [2.75, 3.05) is 26.3 Å². The van der Waals surface area contributed by atoms with Crippen LogP contribution < -0.4 is 11.1 Å². The molecule has 1 fully saturated rings. The molecule has 0 aliphatic carbocycles. The van der Waals surface area contributed by atoms with Crippen LogP contribution >= 0.6 is 0 Å². The lowest BCUT2D eigenvalue weighted by Crippen LogP contribution is -2.34. The summed E-state index contributed by atoms with van der Waals surface area (Å²) in [4.78, 5) is 10.3. The third-order valence-corrected chi connectivity index (χ3v) is 2.80. The van der Waals surface area contributed by atoms with Crippen LogP contribution in [0.4, 0.5) is 4.79 Å². The van der Waals surface area contributed by atoms with Gasteiger partial charge in [0.15, 0.2) is 0 Å². The lowest BCUT2D eigenvalue weighted by Gasteiger charge is -2.25. The van der Waals surface area contributed by atoms with Crippen LogP contribution in [0, 0.1) is 11.8 Å². The first-order valence-corrected chi connectivity index (χ1v) is 5.47. The zero-order chi connectivity index (χ0) is 11.1. The second kappa shape index (κ2) is 6.63. The van der Waals surface area contributed by atoms with Crippen LogP contribution in [-0.2, 0) is 4.74 Å². The van der Waals surface area contributed by atoms with Crippen LogP contribution in [0.25, 0.3) is 0 Å². The van der Waals surface area contributed by atoms with E-state index in [1.807, 2.05) is 0 Å². The number of carbonyl (C=O) groups is 1. The van der Waals surface area contributed by atoms with E-state index in [2.05, 4.69) is 5.32 Å². The Balaban J connectivity index is 2.22. The number of amides is 1. The lowest BCUT2D eigenvalue weighted by molar-refractivity contribution is 0.0455. The predicted octanol–water partition coefficient (Wildman–Crippen LogP) is 0.646. The summed E-state index contributed by atoms with van der Waals surface area (Å²) in [7, 11) is 0. The fourth-order valence-corrected chi connectivity index (χ4v) is 1.96. The topological polar surface area (TPSA) is 84.6 Å². The second-order valence-electron chi connectivity index (χ2n) is 4.11. The minimum absolute atomic E-state index is 0.229. The van der Waals surface area contributed by atoms with E-state index in [-0.39, 0.29) is 5.92 Å². The van der Waals surface area contributed by atoms with Gasteiger partial charge in [-0.15, -0.1) is 0 Å². The van der Waals surface area contributed by atoms with E-state index in [9.17, 15) is 4.79 Å². The molecule has 88 valence electrons. The fourth-order valence-electron chi connectivity index (χ4n) is 1.96. The Morgan fingerprint density at radius 1 is 1.67 bits per heavy atom. The molecule has 1 saturated heterocycles. The van der Waals surface area contributed by atoms with Crippen molar-refractivity contribution < 1.29 is 14.6 Å². The molecule has 0 bridgehead atoms. The highest BCUT2D eigenvalue weighted by Crippen LogP contribution is 2.20. The molecule has 0 radical (unpaired) electrons. The number of hydrogen-bond acceptors (Lipinski definition) is 3. The molecule has 1 aliphatic rings. The molecule has 1 unspecified atom stereocenters. The van der Waals surface area contributed by atoms with E-state index in [0.717, 1.165) is 26.1 Å². The maximum atomic E-state index is 10.3. The van der Waals surface area contributed by atoms with Crippen molar-refractivity contribution in [2.45, 2.75) is 19.3 Å². The lowest BCUT2D eigenvalue weighted by atomic mass is 9.90. The monoisotopic (exact) mass is 216 g/mol. The summed E-state index contributed by atoms with van der Waals surface area (Å²) < 4.78 is 5.38. The zero-order valence-electron chi connectivity index (χ0n) is 8.95. The number of rotatable bonds is 5.